The second-order valence-corrected chi connectivity index (χ2v) is 8.24. The third-order valence-corrected chi connectivity index (χ3v) is 6.32. The van der Waals surface area contributed by atoms with Gasteiger partial charge >= 0.3 is 6.18 Å². The lowest BCUT2D eigenvalue weighted by Crippen LogP contribution is -2.39. The Balaban J connectivity index is 1.41. The summed E-state index contributed by atoms with van der Waals surface area (Å²) in [5.74, 6) is 0.730. The summed E-state index contributed by atoms with van der Waals surface area (Å²) < 4.78 is 49.9. The molecule has 4 heterocycles. The molecule has 2 fully saturated rings. The molecule has 10 heteroatoms. The first-order chi connectivity index (χ1) is 16.4. The molecule has 0 N–H and O–H groups in total. The van der Waals surface area contributed by atoms with Gasteiger partial charge in [-0.05, 0) is 31.0 Å². The monoisotopic (exact) mass is 470 g/mol. The number of aromatic nitrogens is 3. The molecule has 3 aromatic rings. The van der Waals surface area contributed by atoms with Gasteiger partial charge < -0.3 is 14.4 Å². The summed E-state index contributed by atoms with van der Waals surface area (Å²) in [7, 11) is 1.50. The van der Waals surface area contributed by atoms with Gasteiger partial charge in [0, 0.05) is 42.7 Å². The van der Waals surface area contributed by atoms with E-state index in [9.17, 15) is 18.0 Å². The molecule has 1 aromatic carbocycles. The lowest BCUT2D eigenvalue weighted by atomic mass is 9.98. The van der Waals surface area contributed by atoms with Gasteiger partial charge in [0.2, 0.25) is 5.88 Å². The topological polar surface area (TPSA) is 77.4 Å². The van der Waals surface area contributed by atoms with Crippen LogP contribution in [0.5, 0.6) is 11.6 Å². The Morgan fingerprint density at radius 1 is 1.06 bits per heavy atom. The number of ether oxygens (including phenoxy) is 2. The quantitative estimate of drug-likeness (QED) is 0.551. The number of benzene rings is 1. The Morgan fingerprint density at radius 2 is 1.85 bits per heavy atom. The second-order valence-electron chi connectivity index (χ2n) is 8.24. The zero-order chi connectivity index (χ0) is 23.9. The van der Waals surface area contributed by atoms with E-state index in [0.717, 1.165) is 25.1 Å². The predicted octanol–water partition coefficient (Wildman–Crippen LogP) is 4.39. The van der Waals surface area contributed by atoms with Crippen LogP contribution < -0.4 is 9.47 Å². The average Bonchev–Trinajstić information content (AvgIpc) is 3.41. The molecule has 0 aliphatic carbocycles. The molecule has 1 amide bonds. The van der Waals surface area contributed by atoms with E-state index in [2.05, 4.69) is 15.0 Å². The smallest absolute Gasteiger partial charge is 0.417 e. The Labute approximate surface area is 193 Å². The van der Waals surface area contributed by atoms with Crippen molar-refractivity contribution in [2.45, 2.75) is 43.6 Å². The van der Waals surface area contributed by atoms with Gasteiger partial charge in [-0.1, -0.05) is 12.1 Å². The third-order valence-electron chi connectivity index (χ3n) is 6.32. The van der Waals surface area contributed by atoms with Gasteiger partial charge in [-0.2, -0.15) is 13.2 Å². The molecule has 2 aromatic heterocycles. The molecule has 5 rings (SSSR count). The molecule has 34 heavy (non-hydrogen) atoms. The van der Waals surface area contributed by atoms with Gasteiger partial charge in [-0.3, -0.25) is 4.79 Å². The summed E-state index contributed by atoms with van der Waals surface area (Å²) in [6.45, 7) is 0. The van der Waals surface area contributed by atoms with Crippen LogP contribution in [0.2, 0.25) is 0 Å². The maximum Gasteiger partial charge on any atom is 0.417 e. The van der Waals surface area contributed by atoms with E-state index in [1.54, 1.807) is 41.6 Å². The van der Waals surface area contributed by atoms with E-state index in [-0.39, 0.29) is 30.0 Å². The molecular weight excluding hydrogens is 449 g/mol. The van der Waals surface area contributed by atoms with Crippen LogP contribution in [0.4, 0.5) is 13.2 Å². The zero-order valence-corrected chi connectivity index (χ0v) is 18.2. The molecule has 3 atom stereocenters. The van der Waals surface area contributed by atoms with E-state index >= 15 is 0 Å². The summed E-state index contributed by atoms with van der Waals surface area (Å²) in [4.78, 5) is 28.0. The van der Waals surface area contributed by atoms with Crippen molar-refractivity contribution in [1.29, 1.82) is 0 Å². The van der Waals surface area contributed by atoms with E-state index in [1.165, 1.54) is 13.2 Å². The third kappa shape index (κ3) is 3.93. The number of methoxy groups -OCH3 is 1. The fourth-order valence-corrected chi connectivity index (χ4v) is 4.83. The Morgan fingerprint density at radius 3 is 2.53 bits per heavy atom. The highest BCUT2D eigenvalue weighted by Gasteiger charge is 2.51. The predicted molar refractivity (Wildman–Crippen MR) is 115 cm³/mol. The molecule has 176 valence electrons. The first-order valence-electron chi connectivity index (χ1n) is 10.8. The van der Waals surface area contributed by atoms with Gasteiger partial charge in [-0.15, -0.1) is 0 Å². The SMILES string of the molecule is COc1cccc(-c2ncccn2)c1C(=O)N1[C@@H]2CC[C@H]1[C@H](Oc1ccc(C(F)(F)F)cn1)C2. The van der Waals surface area contributed by atoms with Crippen LogP contribution in [0.15, 0.2) is 55.0 Å². The van der Waals surface area contributed by atoms with Gasteiger partial charge in [0.1, 0.15) is 11.9 Å². The minimum atomic E-state index is -4.46. The molecule has 7 nitrogen and oxygen atoms in total. The molecule has 0 saturated carbocycles. The average molecular weight is 470 g/mol. The van der Waals surface area contributed by atoms with E-state index in [4.69, 9.17) is 9.47 Å². The van der Waals surface area contributed by atoms with Crippen LogP contribution in [0, 0.1) is 0 Å². The Bertz CT molecular complexity index is 1190. The summed E-state index contributed by atoms with van der Waals surface area (Å²) >= 11 is 0. The van der Waals surface area contributed by atoms with Gasteiger partial charge in [0.05, 0.1) is 24.3 Å². The lowest BCUT2D eigenvalue weighted by Gasteiger charge is -2.26. The van der Waals surface area contributed by atoms with Crippen molar-refractivity contribution >= 4 is 5.91 Å². The number of carbonyl (C=O) groups is 1. The largest absolute Gasteiger partial charge is 0.496 e. The van der Waals surface area contributed by atoms with Gasteiger partial charge in [-0.25, -0.2) is 15.0 Å². The molecule has 0 unspecified atom stereocenters. The number of hydrogen-bond donors (Lipinski definition) is 0. The lowest BCUT2D eigenvalue weighted by molar-refractivity contribution is -0.137. The number of fused-ring (bicyclic) bond motifs is 2. The van der Waals surface area contributed by atoms with E-state index in [0.29, 0.717) is 29.1 Å². The minimum absolute atomic E-state index is 0.0496. The number of halogens is 3. The van der Waals surface area contributed by atoms with Crippen molar-refractivity contribution in [3.05, 3.63) is 66.1 Å². The van der Waals surface area contributed by atoms with Gasteiger partial charge in [0.25, 0.3) is 5.91 Å². The summed E-state index contributed by atoms with van der Waals surface area (Å²) in [6, 6.07) is 8.86. The molecule has 2 bridgehead atoms. The number of carbonyl (C=O) groups excluding carboxylic acids is 1. The number of hydrogen-bond acceptors (Lipinski definition) is 6. The van der Waals surface area contributed by atoms with Crippen LogP contribution in [0.3, 0.4) is 0 Å². The highest BCUT2D eigenvalue weighted by Crippen LogP contribution is 2.42. The van der Waals surface area contributed by atoms with Crippen molar-refractivity contribution in [3.8, 4) is 23.0 Å². The van der Waals surface area contributed by atoms with Crippen molar-refractivity contribution < 1.29 is 27.4 Å². The van der Waals surface area contributed by atoms with E-state index < -0.39 is 11.7 Å². The molecule has 2 aliphatic rings. The minimum Gasteiger partial charge on any atom is -0.496 e. The maximum absolute atomic E-state index is 13.8. The summed E-state index contributed by atoms with van der Waals surface area (Å²) in [6.07, 6.45) is 1.27. The van der Waals surface area contributed by atoms with Crippen molar-refractivity contribution in [2.75, 3.05) is 7.11 Å². The summed E-state index contributed by atoms with van der Waals surface area (Å²) in [5.41, 5.74) is 0.107. The zero-order valence-electron chi connectivity index (χ0n) is 18.2. The highest BCUT2D eigenvalue weighted by molar-refractivity contribution is 6.03. The van der Waals surface area contributed by atoms with Crippen LogP contribution in [-0.2, 0) is 6.18 Å². The van der Waals surface area contributed by atoms with Crippen molar-refractivity contribution in [1.82, 2.24) is 19.9 Å². The highest BCUT2D eigenvalue weighted by atomic mass is 19.4. The number of alkyl halides is 3. The number of rotatable bonds is 5. The second kappa shape index (κ2) is 8.58. The Kier molecular flexibility index (Phi) is 5.59. The number of amides is 1. The first-order valence-corrected chi connectivity index (χ1v) is 10.8. The van der Waals surface area contributed by atoms with Crippen LogP contribution in [0.1, 0.15) is 35.2 Å². The Hall–Kier alpha value is -3.69. The molecule has 0 spiro atoms. The van der Waals surface area contributed by atoms with Crippen molar-refractivity contribution in [3.63, 3.8) is 0 Å². The number of nitrogens with zero attached hydrogens (tertiary/aromatic N) is 4. The maximum atomic E-state index is 13.8. The molecule has 2 aliphatic heterocycles. The molecule has 0 radical (unpaired) electrons. The van der Waals surface area contributed by atoms with Crippen LogP contribution >= 0.6 is 0 Å². The molecule has 2 saturated heterocycles. The van der Waals surface area contributed by atoms with E-state index in [1.807, 2.05) is 0 Å². The fourth-order valence-electron chi connectivity index (χ4n) is 4.83. The van der Waals surface area contributed by atoms with Crippen LogP contribution in [-0.4, -0.2) is 51.1 Å². The standard InChI is InChI=1S/C24H21F3N4O3/c1-33-18-5-2-4-16(22-28-10-3-11-29-22)21(18)23(32)31-15-7-8-17(31)19(12-15)34-20-9-6-14(13-30-20)24(25,26)27/h2-6,9-11,13,15,17,19H,7-8,12H2,1H3/t15-,17+,19-/m1/s1. The first kappa shape index (κ1) is 22.1. The van der Waals surface area contributed by atoms with Crippen LogP contribution in [0.25, 0.3) is 11.4 Å². The number of pyridine rings is 1. The summed E-state index contributed by atoms with van der Waals surface area (Å²) in [5, 5.41) is 0. The fraction of sp³-hybridized carbons (Fsp3) is 0.333. The van der Waals surface area contributed by atoms with Crippen molar-refractivity contribution in [2.24, 2.45) is 0 Å². The normalized spacial score (nSPS) is 21.5. The molecular formula is C24H21F3N4O3. The van der Waals surface area contributed by atoms with Gasteiger partial charge in [0.15, 0.2) is 5.82 Å².